The minimum absolute atomic E-state index is 0.400. The number of fused-ring (bicyclic) bond motifs is 1. The van der Waals surface area contributed by atoms with Gasteiger partial charge in [-0.15, -0.1) is 11.3 Å². The first-order valence-corrected chi connectivity index (χ1v) is 8.90. The van der Waals surface area contributed by atoms with E-state index in [-0.39, 0.29) is 0 Å². The Balaban J connectivity index is 2.21. The molecule has 4 nitrogen and oxygen atoms in total. The van der Waals surface area contributed by atoms with Crippen molar-refractivity contribution in [2.75, 3.05) is 0 Å². The van der Waals surface area contributed by atoms with E-state index in [0.29, 0.717) is 11.5 Å². The molecular weight excluding hydrogens is 374 g/mol. The molecule has 3 heterocycles. The number of nitrogens with two attached hydrogens (primary N) is 1. The van der Waals surface area contributed by atoms with Gasteiger partial charge in [0.1, 0.15) is 4.60 Å². The zero-order valence-corrected chi connectivity index (χ0v) is 15.2. The average molecular weight is 390 g/mol. The lowest BCUT2D eigenvalue weighted by Crippen LogP contribution is -2.17. The number of hydrogen-bond acceptors (Lipinski definition) is 4. The molecule has 3 aromatic rings. The molecule has 0 radical (unpaired) electrons. The van der Waals surface area contributed by atoms with Crippen molar-refractivity contribution in [1.82, 2.24) is 9.97 Å². The molecule has 0 aliphatic heterocycles. The summed E-state index contributed by atoms with van der Waals surface area (Å²) in [7, 11) is 0. The Kier molecular flexibility index (Phi) is 4.46. The fourth-order valence-corrected chi connectivity index (χ4v) is 4.25. The SMILES string of the molecule is CC(C)Cc1nccc(-c2cc3ccnc(Br)c3s2)c1C(N)=O. The van der Waals surface area contributed by atoms with Gasteiger partial charge in [0.05, 0.1) is 16.0 Å². The van der Waals surface area contributed by atoms with Crippen LogP contribution in [0.4, 0.5) is 0 Å². The Hall–Kier alpha value is -1.79. The van der Waals surface area contributed by atoms with Gasteiger partial charge in [-0.3, -0.25) is 9.78 Å². The van der Waals surface area contributed by atoms with Crippen LogP contribution in [-0.2, 0) is 6.42 Å². The number of nitrogens with zero attached hydrogens (tertiary/aromatic N) is 2. The highest BCUT2D eigenvalue weighted by molar-refractivity contribution is 9.10. The van der Waals surface area contributed by atoms with E-state index >= 15 is 0 Å². The average Bonchev–Trinajstić information content (AvgIpc) is 2.91. The number of thiophene rings is 1. The van der Waals surface area contributed by atoms with Crippen molar-refractivity contribution < 1.29 is 4.79 Å². The predicted octanol–water partition coefficient (Wildman–Crippen LogP) is 4.42. The monoisotopic (exact) mass is 389 g/mol. The van der Waals surface area contributed by atoms with Crippen LogP contribution in [0.15, 0.2) is 35.2 Å². The van der Waals surface area contributed by atoms with Crippen molar-refractivity contribution in [1.29, 1.82) is 0 Å². The van der Waals surface area contributed by atoms with Crippen molar-refractivity contribution >= 4 is 43.3 Å². The van der Waals surface area contributed by atoms with Crippen LogP contribution in [0.3, 0.4) is 0 Å². The number of carbonyl (C=O) groups excluding carboxylic acids is 1. The molecule has 23 heavy (non-hydrogen) atoms. The van der Waals surface area contributed by atoms with Crippen LogP contribution >= 0.6 is 27.3 Å². The fourth-order valence-electron chi connectivity index (χ4n) is 2.59. The molecule has 0 unspecified atom stereocenters. The lowest BCUT2D eigenvalue weighted by Gasteiger charge is -2.11. The van der Waals surface area contributed by atoms with Crippen LogP contribution in [0, 0.1) is 5.92 Å². The molecule has 0 aliphatic rings. The summed E-state index contributed by atoms with van der Waals surface area (Å²) in [4.78, 5) is 21.7. The third-order valence-electron chi connectivity index (χ3n) is 3.53. The van der Waals surface area contributed by atoms with Gasteiger partial charge in [-0.05, 0) is 51.9 Å². The standard InChI is InChI=1S/C17H16BrN3OS/c1-9(2)7-12-14(17(19)22)11(4-6-20-12)13-8-10-3-5-21-16(18)15(10)23-13/h3-6,8-9H,7H2,1-2H3,(H2,19,22). The van der Waals surface area contributed by atoms with Gasteiger partial charge in [-0.2, -0.15) is 0 Å². The minimum Gasteiger partial charge on any atom is -0.366 e. The van der Waals surface area contributed by atoms with E-state index in [9.17, 15) is 4.79 Å². The van der Waals surface area contributed by atoms with Gasteiger partial charge < -0.3 is 5.73 Å². The number of halogens is 1. The Bertz CT molecular complexity index is 889. The lowest BCUT2D eigenvalue weighted by atomic mass is 9.98. The highest BCUT2D eigenvalue weighted by Crippen LogP contribution is 2.38. The van der Waals surface area contributed by atoms with Crippen LogP contribution < -0.4 is 5.73 Å². The number of carbonyl (C=O) groups is 1. The number of rotatable bonds is 4. The molecule has 0 bridgehead atoms. The highest BCUT2D eigenvalue weighted by Gasteiger charge is 2.19. The number of primary amides is 1. The number of aromatic nitrogens is 2. The van der Waals surface area contributed by atoms with E-state index in [0.717, 1.165) is 37.2 Å². The molecule has 0 atom stereocenters. The minimum atomic E-state index is -0.432. The maximum absolute atomic E-state index is 12.0. The van der Waals surface area contributed by atoms with Gasteiger partial charge in [0.2, 0.25) is 0 Å². The number of pyridine rings is 2. The lowest BCUT2D eigenvalue weighted by molar-refractivity contribution is 0.0999. The number of amides is 1. The first kappa shape index (κ1) is 16.1. The van der Waals surface area contributed by atoms with Gasteiger partial charge >= 0.3 is 0 Å². The largest absolute Gasteiger partial charge is 0.366 e. The third-order valence-corrected chi connectivity index (χ3v) is 5.59. The summed E-state index contributed by atoms with van der Waals surface area (Å²) >= 11 is 5.06. The Labute approximate surface area is 146 Å². The van der Waals surface area contributed by atoms with E-state index in [1.54, 1.807) is 23.7 Å². The van der Waals surface area contributed by atoms with Gasteiger partial charge in [-0.1, -0.05) is 13.8 Å². The molecule has 0 aromatic carbocycles. The van der Waals surface area contributed by atoms with Gasteiger partial charge in [-0.25, -0.2) is 4.98 Å². The Morgan fingerprint density at radius 3 is 2.70 bits per heavy atom. The maximum Gasteiger partial charge on any atom is 0.251 e. The van der Waals surface area contributed by atoms with E-state index < -0.39 is 5.91 Å². The molecule has 0 fully saturated rings. The predicted molar refractivity (Wildman–Crippen MR) is 97.6 cm³/mol. The molecule has 118 valence electrons. The van der Waals surface area contributed by atoms with Gasteiger partial charge in [0, 0.05) is 22.8 Å². The molecule has 3 rings (SSSR count). The Morgan fingerprint density at radius 2 is 2.04 bits per heavy atom. The zero-order valence-electron chi connectivity index (χ0n) is 12.8. The van der Waals surface area contributed by atoms with Crippen LogP contribution in [0.2, 0.25) is 0 Å². The number of hydrogen-bond donors (Lipinski definition) is 1. The van der Waals surface area contributed by atoms with Crippen LogP contribution in [0.5, 0.6) is 0 Å². The van der Waals surface area contributed by atoms with Gasteiger partial charge in [0.15, 0.2) is 0 Å². The molecule has 0 saturated heterocycles. The van der Waals surface area contributed by atoms with Crippen molar-refractivity contribution in [3.63, 3.8) is 0 Å². The maximum atomic E-state index is 12.0. The third kappa shape index (κ3) is 3.14. The molecule has 6 heteroatoms. The van der Waals surface area contributed by atoms with E-state index in [1.165, 1.54) is 0 Å². The van der Waals surface area contributed by atoms with Crippen molar-refractivity contribution in [2.24, 2.45) is 11.7 Å². The topological polar surface area (TPSA) is 68.9 Å². The second-order valence-corrected chi connectivity index (χ2v) is 7.58. The summed E-state index contributed by atoms with van der Waals surface area (Å²) < 4.78 is 1.86. The summed E-state index contributed by atoms with van der Waals surface area (Å²) in [6.45, 7) is 4.20. The van der Waals surface area contributed by atoms with E-state index in [2.05, 4.69) is 45.8 Å². The summed E-state index contributed by atoms with van der Waals surface area (Å²) in [5, 5.41) is 1.09. The Morgan fingerprint density at radius 1 is 1.30 bits per heavy atom. The molecular formula is C17H16BrN3OS. The summed E-state index contributed by atoms with van der Waals surface area (Å²) in [6.07, 6.45) is 4.23. The van der Waals surface area contributed by atoms with Crippen molar-refractivity contribution in [3.05, 3.63) is 46.5 Å². The molecule has 0 aliphatic carbocycles. The quantitative estimate of drug-likeness (QED) is 0.671. The molecule has 2 N–H and O–H groups in total. The van der Waals surface area contributed by atoms with Crippen molar-refractivity contribution in [3.8, 4) is 10.4 Å². The van der Waals surface area contributed by atoms with E-state index in [4.69, 9.17) is 5.73 Å². The smallest absolute Gasteiger partial charge is 0.251 e. The molecule has 0 spiro atoms. The van der Waals surface area contributed by atoms with Crippen molar-refractivity contribution in [2.45, 2.75) is 20.3 Å². The van der Waals surface area contributed by atoms with Crippen LogP contribution in [0.25, 0.3) is 20.5 Å². The van der Waals surface area contributed by atoms with Crippen LogP contribution in [-0.4, -0.2) is 15.9 Å². The molecule has 3 aromatic heterocycles. The van der Waals surface area contributed by atoms with E-state index in [1.807, 2.05) is 12.1 Å². The first-order valence-electron chi connectivity index (χ1n) is 7.29. The zero-order chi connectivity index (χ0) is 16.6. The second-order valence-electron chi connectivity index (χ2n) is 5.77. The van der Waals surface area contributed by atoms with Gasteiger partial charge in [0.25, 0.3) is 5.91 Å². The van der Waals surface area contributed by atoms with Crippen LogP contribution in [0.1, 0.15) is 29.9 Å². The molecule has 1 amide bonds. The summed E-state index contributed by atoms with van der Waals surface area (Å²) in [6, 6.07) is 5.88. The second kappa shape index (κ2) is 6.37. The first-order chi connectivity index (χ1) is 11.0. The summed E-state index contributed by atoms with van der Waals surface area (Å²) in [5.74, 6) is -0.0324. The fraction of sp³-hybridized carbons (Fsp3) is 0.235. The highest BCUT2D eigenvalue weighted by atomic mass is 79.9. The summed E-state index contributed by atoms with van der Waals surface area (Å²) in [5.41, 5.74) is 7.79. The normalized spacial score (nSPS) is 11.3. The molecule has 0 saturated carbocycles.